The van der Waals surface area contributed by atoms with Crippen molar-refractivity contribution in [3.63, 3.8) is 0 Å². The smallest absolute Gasteiger partial charge is 0.435 e. The van der Waals surface area contributed by atoms with Crippen LogP contribution in [0, 0.1) is 11.3 Å². The van der Waals surface area contributed by atoms with E-state index in [-0.39, 0.29) is 0 Å². The number of nitrogens with zero attached hydrogens (tertiary/aromatic N) is 3. The molecule has 0 atom stereocenters. The number of rotatable bonds is 0. The van der Waals surface area contributed by atoms with E-state index in [9.17, 15) is 4.79 Å². The molecule has 0 saturated heterocycles. The largest absolute Gasteiger partial charge is 0.442 e. The first kappa shape index (κ1) is 12.1. The highest BCUT2D eigenvalue weighted by molar-refractivity contribution is 5.91. The van der Waals surface area contributed by atoms with Gasteiger partial charge in [-0.15, -0.1) is 0 Å². The Morgan fingerprint density at radius 2 is 2.17 bits per heavy atom. The molecule has 18 heavy (non-hydrogen) atoms. The minimum absolute atomic E-state index is 0.399. The average Bonchev–Trinajstić information content (AvgIpc) is 2.70. The molecule has 0 aliphatic carbocycles. The molecule has 92 valence electrons. The Balaban J connectivity index is 2.53. The number of carbonyl (C=O) groups excluding carboxylic acids is 1. The number of hydrogen-bond donors (Lipinski definition) is 0. The summed E-state index contributed by atoms with van der Waals surface area (Å²) in [7, 11) is 0. The number of carbonyl (C=O) groups is 1. The van der Waals surface area contributed by atoms with Crippen LogP contribution in [-0.2, 0) is 4.74 Å². The van der Waals surface area contributed by atoms with Crippen LogP contribution >= 0.6 is 0 Å². The summed E-state index contributed by atoms with van der Waals surface area (Å²) in [6.45, 7) is 5.34. The van der Waals surface area contributed by atoms with Crippen molar-refractivity contribution in [2.75, 3.05) is 0 Å². The summed E-state index contributed by atoms with van der Waals surface area (Å²) in [6, 6.07) is 7.24. The van der Waals surface area contributed by atoms with E-state index in [1.165, 1.54) is 0 Å². The summed E-state index contributed by atoms with van der Waals surface area (Å²) in [4.78, 5) is 12.0. The van der Waals surface area contributed by atoms with Crippen molar-refractivity contribution >= 4 is 17.0 Å². The monoisotopic (exact) mass is 243 g/mol. The van der Waals surface area contributed by atoms with Gasteiger partial charge >= 0.3 is 6.09 Å². The number of aromatic nitrogens is 2. The molecule has 5 heteroatoms. The summed E-state index contributed by atoms with van der Waals surface area (Å²) in [5.41, 5.74) is 0.279. The van der Waals surface area contributed by atoms with Gasteiger partial charge in [-0.05, 0) is 26.8 Å². The predicted octanol–water partition coefficient (Wildman–Crippen LogP) is 2.69. The van der Waals surface area contributed by atoms with Crippen LogP contribution in [0.3, 0.4) is 0 Å². The summed E-state index contributed by atoms with van der Waals surface area (Å²) in [5.74, 6) is 0. The van der Waals surface area contributed by atoms with Gasteiger partial charge in [-0.1, -0.05) is 12.1 Å². The molecule has 1 heterocycles. The molecular formula is C13H13N3O2. The topological polar surface area (TPSA) is 67.9 Å². The van der Waals surface area contributed by atoms with E-state index in [1.807, 2.05) is 6.07 Å². The number of nitriles is 1. The van der Waals surface area contributed by atoms with E-state index in [2.05, 4.69) is 5.10 Å². The van der Waals surface area contributed by atoms with Gasteiger partial charge in [0.05, 0.1) is 17.3 Å². The lowest BCUT2D eigenvalue weighted by Gasteiger charge is -2.19. The van der Waals surface area contributed by atoms with Crippen molar-refractivity contribution in [3.8, 4) is 6.07 Å². The Labute approximate surface area is 105 Å². The maximum Gasteiger partial charge on any atom is 0.435 e. The molecule has 1 aromatic heterocycles. The molecule has 2 aromatic rings. The van der Waals surface area contributed by atoms with Gasteiger partial charge in [-0.2, -0.15) is 15.0 Å². The highest BCUT2D eigenvalue weighted by Crippen LogP contribution is 2.19. The molecule has 0 N–H and O–H groups in total. The van der Waals surface area contributed by atoms with Crippen molar-refractivity contribution in [3.05, 3.63) is 30.0 Å². The second-order valence-electron chi connectivity index (χ2n) is 4.89. The van der Waals surface area contributed by atoms with Crippen LogP contribution in [-0.4, -0.2) is 21.5 Å². The molecule has 0 aliphatic heterocycles. The number of hydrogen-bond acceptors (Lipinski definition) is 4. The van der Waals surface area contributed by atoms with Gasteiger partial charge in [0, 0.05) is 5.39 Å². The summed E-state index contributed by atoms with van der Waals surface area (Å²) >= 11 is 0. The fraction of sp³-hybridized carbons (Fsp3) is 0.308. The standard InChI is InChI=1S/C13H13N3O2/c1-13(2,3)18-12(17)16-11-9(7-14)5-4-6-10(11)8-15-16/h4-6,8H,1-3H3. The van der Waals surface area contributed by atoms with Crippen molar-refractivity contribution in [2.45, 2.75) is 26.4 Å². The predicted molar refractivity (Wildman–Crippen MR) is 66.1 cm³/mol. The van der Waals surface area contributed by atoms with Crippen LogP contribution in [0.5, 0.6) is 0 Å². The zero-order valence-electron chi connectivity index (χ0n) is 10.5. The Kier molecular flexibility index (Phi) is 2.79. The Morgan fingerprint density at radius 1 is 1.44 bits per heavy atom. The molecule has 5 nitrogen and oxygen atoms in total. The third-order valence-electron chi connectivity index (χ3n) is 2.28. The number of ether oxygens (including phenoxy) is 1. The minimum Gasteiger partial charge on any atom is -0.442 e. The molecule has 0 spiro atoms. The lowest BCUT2D eigenvalue weighted by atomic mass is 10.1. The minimum atomic E-state index is -0.600. The fourth-order valence-electron chi connectivity index (χ4n) is 1.61. The van der Waals surface area contributed by atoms with E-state index in [0.717, 1.165) is 10.1 Å². The highest BCUT2D eigenvalue weighted by atomic mass is 16.6. The molecule has 0 amide bonds. The molecule has 2 rings (SSSR count). The van der Waals surface area contributed by atoms with Crippen LogP contribution in [0.2, 0.25) is 0 Å². The quantitative estimate of drug-likeness (QED) is 0.713. The maximum absolute atomic E-state index is 12.0. The fourth-order valence-corrected chi connectivity index (χ4v) is 1.61. The van der Waals surface area contributed by atoms with Gasteiger partial charge < -0.3 is 4.74 Å². The third-order valence-corrected chi connectivity index (χ3v) is 2.28. The first-order valence-electron chi connectivity index (χ1n) is 5.52. The molecular weight excluding hydrogens is 230 g/mol. The average molecular weight is 243 g/mol. The SMILES string of the molecule is CC(C)(C)OC(=O)n1ncc2cccc(C#N)c21. The van der Waals surface area contributed by atoms with Crippen LogP contribution < -0.4 is 0 Å². The van der Waals surface area contributed by atoms with Gasteiger partial charge in [0.25, 0.3) is 0 Å². The van der Waals surface area contributed by atoms with Gasteiger partial charge in [-0.25, -0.2) is 4.79 Å². The summed E-state index contributed by atoms with van der Waals surface area (Å²) < 4.78 is 6.37. The van der Waals surface area contributed by atoms with E-state index in [0.29, 0.717) is 11.1 Å². The zero-order valence-corrected chi connectivity index (χ0v) is 10.5. The third kappa shape index (κ3) is 2.18. The molecule has 1 aromatic carbocycles. The second-order valence-corrected chi connectivity index (χ2v) is 4.89. The molecule has 0 aliphatic rings. The van der Waals surface area contributed by atoms with Crippen LogP contribution in [0.1, 0.15) is 26.3 Å². The lowest BCUT2D eigenvalue weighted by molar-refractivity contribution is 0.0522. The molecule has 0 fully saturated rings. The first-order chi connectivity index (χ1) is 8.42. The van der Waals surface area contributed by atoms with Crippen molar-refractivity contribution < 1.29 is 9.53 Å². The van der Waals surface area contributed by atoms with Gasteiger partial charge in [0.2, 0.25) is 0 Å². The van der Waals surface area contributed by atoms with Crippen LogP contribution in [0.25, 0.3) is 10.9 Å². The maximum atomic E-state index is 12.0. The van der Waals surface area contributed by atoms with Gasteiger partial charge in [0.1, 0.15) is 11.7 Å². The Hall–Kier alpha value is -2.35. The van der Waals surface area contributed by atoms with E-state index in [4.69, 9.17) is 10.00 Å². The van der Waals surface area contributed by atoms with E-state index >= 15 is 0 Å². The molecule has 0 unspecified atom stereocenters. The van der Waals surface area contributed by atoms with Crippen LogP contribution in [0.15, 0.2) is 24.4 Å². The molecule has 0 saturated carbocycles. The van der Waals surface area contributed by atoms with Crippen molar-refractivity contribution in [1.82, 2.24) is 9.78 Å². The number of para-hydroxylation sites is 1. The van der Waals surface area contributed by atoms with Crippen molar-refractivity contribution in [1.29, 1.82) is 5.26 Å². The summed E-state index contributed by atoms with van der Waals surface area (Å²) in [6.07, 6.45) is 0.959. The Morgan fingerprint density at radius 3 is 2.78 bits per heavy atom. The highest BCUT2D eigenvalue weighted by Gasteiger charge is 2.21. The van der Waals surface area contributed by atoms with Crippen LogP contribution in [0.4, 0.5) is 4.79 Å². The number of fused-ring (bicyclic) bond motifs is 1. The summed E-state index contributed by atoms with van der Waals surface area (Å²) in [5, 5.41) is 13.8. The van der Waals surface area contributed by atoms with E-state index < -0.39 is 11.7 Å². The second kappa shape index (κ2) is 4.15. The van der Waals surface area contributed by atoms with E-state index in [1.54, 1.807) is 45.2 Å². The first-order valence-corrected chi connectivity index (χ1v) is 5.52. The zero-order chi connectivity index (χ0) is 13.3. The lowest BCUT2D eigenvalue weighted by Crippen LogP contribution is -2.27. The molecule has 0 radical (unpaired) electrons. The Bertz CT molecular complexity index is 644. The van der Waals surface area contributed by atoms with Gasteiger partial charge in [0.15, 0.2) is 0 Å². The van der Waals surface area contributed by atoms with Gasteiger partial charge in [-0.3, -0.25) is 0 Å². The number of benzene rings is 1. The molecule has 0 bridgehead atoms. The van der Waals surface area contributed by atoms with Crippen molar-refractivity contribution in [2.24, 2.45) is 0 Å². The normalized spacial score (nSPS) is 11.2.